The summed E-state index contributed by atoms with van der Waals surface area (Å²) in [6, 6.07) is 6.39. The van der Waals surface area contributed by atoms with Gasteiger partial charge in [-0.25, -0.2) is 0 Å². The van der Waals surface area contributed by atoms with E-state index in [1.54, 1.807) is 18.2 Å². The van der Waals surface area contributed by atoms with E-state index < -0.39 is 11.7 Å². The number of aromatic nitrogens is 1. The van der Waals surface area contributed by atoms with E-state index in [9.17, 15) is 13.2 Å². The SMILES string of the molecule is NCCc1[nH]c2ccccc2c1C(F)(F)F. The molecule has 2 aromatic rings. The molecule has 0 spiro atoms. The Hall–Kier alpha value is -1.49. The maximum atomic E-state index is 12.9. The van der Waals surface area contributed by atoms with Gasteiger partial charge in [-0.1, -0.05) is 18.2 Å². The fourth-order valence-electron chi connectivity index (χ4n) is 1.85. The monoisotopic (exact) mass is 228 g/mol. The smallest absolute Gasteiger partial charge is 0.358 e. The molecular weight excluding hydrogens is 217 g/mol. The van der Waals surface area contributed by atoms with Crippen LogP contribution in [0.4, 0.5) is 13.2 Å². The second kappa shape index (κ2) is 3.83. The van der Waals surface area contributed by atoms with Crippen molar-refractivity contribution in [1.29, 1.82) is 0 Å². The Bertz CT molecular complexity index is 499. The third-order valence-electron chi connectivity index (χ3n) is 2.46. The predicted octanol–water partition coefficient (Wildman–Crippen LogP) is 2.69. The fourth-order valence-corrected chi connectivity index (χ4v) is 1.85. The first-order chi connectivity index (χ1) is 7.54. The molecule has 0 aliphatic rings. The number of para-hydroxylation sites is 1. The van der Waals surface area contributed by atoms with Crippen LogP contribution in [0.25, 0.3) is 10.9 Å². The van der Waals surface area contributed by atoms with Gasteiger partial charge in [0.1, 0.15) is 0 Å². The number of H-pyrrole nitrogens is 1. The van der Waals surface area contributed by atoms with Gasteiger partial charge in [-0.2, -0.15) is 13.2 Å². The number of fused-ring (bicyclic) bond motifs is 1. The second-order valence-electron chi connectivity index (χ2n) is 3.56. The number of aromatic amines is 1. The summed E-state index contributed by atoms with van der Waals surface area (Å²) in [5.74, 6) is 0. The van der Waals surface area contributed by atoms with Gasteiger partial charge in [0, 0.05) is 23.0 Å². The number of benzene rings is 1. The molecule has 0 amide bonds. The summed E-state index contributed by atoms with van der Waals surface area (Å²) >= 11 is 0. The van der Waals surface area contributed by atoms with Crippen molar-refractivity contribution < 1.29 is 13.2 Å². The largest absolute Gasteiger partial charge is 0.418 e. The van der Waals surface area contributed by atoms with Crippen molar-refractivity contribution in [3.63, 3.8) is 0 Å². The quantitative estimate of drug-likeness (QED) is 0.815. The Kier molecular flexibility index (Phi) is 2.63. The molecule has 0 saturated heterocycles. The summed E-state index contributed by atoms with van der Waals surface area (Å²) in [5, 5.41) is 0.207. The maximum Gasteiger partial charge on any atom is 0.418 e. The normalized spacial score (nSPS) is 12.2. The lowest BCUT2D eigenvalue weighted by atomic mass is 10.1. The average Bonchev–Trinajstić information content (AvgIpc) is 2.55. The molecule has 0 atom stereocenters. The average molecular weight is 228 g/mol. The molecule has 1 heterocycles. The number of hydrogen-bond acceptors (Lipinski definition) is 1. The van der Waals surface area contributed by atoms with Crippen LogP contribution in [0.5, 0.6) is 0 Å². The Morgan fingerprint density at radius 2 is 1.88 bits per heavy atom. The molecule has 5 heteroatoms. The van der Waals surface area contributed by atoms with Crippen molar-refractivity contribution in [2.45, 2.75) is 12.6 Å². The lowest BCUT2D eigenvalue weighted by Gasteiger charge is -2.07. The molecule has 0 fully saturated rings. The number of hydrogen-bond donors (Lipinski definition) is 2. The van der Waals surface area contributed by atoms with E-state index in [2.05, 4.69) is 4.98 Å². The van der Waals surface area contributed by atoms with E-state index in [0.717, 1.165) is 0 Å². The highest BCUT2D eigenvalue weighted by Crippen LogP contribution is 2.37. The highest BCUT2D eigenvalue weighted by atomic mass is 19.4. The number of nitrogens with two attached hydrogens (primary N) is 1. The van der Waals surface area contributed by atoms with Crippen LogP contribution in [0, 0.1) is 0 Å². The van der Waals surface area contributed by atoms with E-state index in [-0.39, 0.29) is 24.0 Å². The molecule has 1 aromatic heterocycles. The van der Waals surface area contributed by atoms with Crippen LogP contribution in [0.1, 0.15) is 11.3 Å². The second-order valence-corrected chi connectivity index (χ2v) is 3.56. The maximum absolute atomic E-state index is 12.9. The lowest BCUT2D eigenvalue weighted by Crippen LogP contribution is -2.11. The van der Waals surface area contributed by atoms with Crippen molar-refractivity contribution in [2.75, 3.05) is 6.54 Å². The molecule has 0 bridgehead atoms. The standard InChI is InChI=1S/C11H11F3N2/c12-11(13,14)10-7-3-1-2-4-8(7)16-9(10)5-6-15/h1-4,16H,5-6,15H2. The lowest BCUT2D eigenvalue weighted by molar-refractivity contribution is -0.136. The number of halogens is 3. The van der Waals surface area contributed by atoms with E-state index in [4.69, 9.17) is 5.73 Å². The van der Waals surface area contributed by atoms with Gasteiger partial charge in [0.25, 0.3) is 0 Å². The minimum Gasteiger partial charge on any atom is -0.358 e. The molecule has 86 valence electrons. The zero-order valence-corrected chi connectivity index (χ0v) is 8.43. The van der Waals surface area contributed by atoms with Crippen molar-refractivity contribution >= 4 is 10.9 Å². The van der Waals surface area contributed by atoms with Gasteiger partial charge in [-0.05, 0) is 12.6 Å². The number of nitrogens with one attached hydrogen (secondary N) is 1. The zero-order chi connectivity index (χ0) is 11.8. The molecule has 0 aliphatic carbocycles. The van der Waals surface area contributed by atoms with Gasteiger partial charge < -0.3 is 10.7 Å². The van der Waals surface area contributed by atoms with Gasteiger partial charge in [0.15, 0.2) is 0 Å². The van der Waals surface area contributed by atoms with Crippen LogP contribution in [0.15, 0.2) is 24.3 Å². The Balaban J connectivity index is 2.69. The number of rotatable bonds is 2. The van der Waals surface area contributed by atoms with Crippen molar-refractivity contribution in [1.82, 2.24) is 4.98 Å². The highest BCUT2D eigenvalue weighted by Gasteiger charge is 2.36. The topological polar surface area (TPSA) is 41.8 Å². The van der Waals surface area contributed by atoms with Crippen LogP contribution in [0.3, 0.4) is 0 Å². The minimum atomic E-state index is -4.34. The Labute approximate surface area is 90.3 Å². The van der Waals surface area contributed by atoms with Crippen molar-refractivity contribution in [3.05, 3.63) is 35.5 Å². The first-order valence-corrected chi connectivity index (χ1v) is 4.91. The van der Waals surface area contributed by atoms with Crippen LogP contribution >= 0.6 is 0 Å². The predicted molar refractivity (Wildman–Crippen MR) is 56.1 cm³/mol. The van der Waals surface area contributed by atoms with E-state index in [1.165, 1.54) is 6.07 Å². The molecule has 1 aromatic carbocycles. The highest BCUT2D eigenvalue weighted by molar-refractivity contribution is 5.85. The molecule has 0 aliphatic heterocycles. The third kappa shape index (κ3) is 1.78. The minimum absolute atomic E-state index is 0.163. The first-order valence-electron chi connectivity index (χ1n) is 4.91. The summed E-state index contributed by atoms with van der Waals surface area (Å²) in [5.41, 5.74) is 5.38. The molecule has 0 unspecified atom stereocenters. The van der Waals surface area contributed by atoms with Gasteiger partial charge in [0.2, 0.25) is 0 Å². The zero-order valence-electron chi connectivity index (χ0n) is 8.43. The van der Waals surface area contributed by atoms with Gasteiger partial charge >= 0.3 is 6.18 Å². The summed E-state index contributed by atoms with van der Waals surface area (Å²) in [7, 11) is 0. The summed E-state index contributed by atoms with van der Waals surface area (Å²) in [4.78, 5) is 2.77. The van der Waals surface area contributed by atoms with Gasteiger partial charge in [-0.15, -0.1) is 0 Å². The summed E-state index contributed by atoms with van der Waals surface area (Å²) in [6.07, 6.45) is -4.15. The molecular formula is C11H11F3N2. The van der Waals surface area contributed by atoms with Gasteiger partial charge in [-0.3, -0.25) is 0 Å². The van der Waals surface area contributed by atoms with Crippen LogP contribution < -0.4 is 5.73 Å². The molecule has 16 heavy (non-hydrogen) atoms. The van der Waals surface area contributed by atoms with Gasteiger partial charge in [0.05, 0.1) is 5.56 Å². The third-order valence-corrected chi connectivity index (χ3v) is 2.46. The Morgan fingerprint density at radius 1 is 1.19 bits per heavy atom. The van der Waals surface area contributed by atoms with Crippen LogP contribution in [-0.4, -0.2) is 11.5 Å². The van der Waals surface area contributed by atoms with E-state index >= 15 is 0 Å². The molecule has 2 rings (SSSR count). The Morgan fingerprint density at radius 3 is 2.50 bits per heavy atom. The fraction of sp³-hybridized carbons (Fsp3) is 0.273. The molecule has 0 saturated carbocycles. The van der Waals surface area contributed by atoms with Crippen molar-refractivity contribution in [2.24, 2.45) is 5.73 Å². The molecule has 0 radical (unpaired) electrons. The van der Waals surface area contributed by atoms with Crippen LogP contribution in [0.2, 0.25) is 0 Å². The van der Waals surface area contributed by atoms with E-state index in [0.29, 0.717) is 5.52 Å². The summed E-state index contributed by atoms with van der Waals surface area (Å²) in [6.45, 7) is 0.190. The molecule has 3 N–H and O–H groups in total. The number of alkyl halides is 3. The van der Waals surface area contributed by atoms with Crippen LogP contribution in [-0.2, 0) is 12.6 Å². The summed E-state index contributed by atoms with van der Waals surface area (Å²) < 4.78 is 38.6. The van der Waals surface area contributed by atoms with E-state index in [1.807, 2.05) is 0 Å². The molecule has 2 nitrogen and oxygen atoms in total. The van der Waals surface area contributed by atoms with Crippen molar-refractivity contribution in [3.8, 4) is 0 Å². The first kappa shape index (κ1) is 11.0.